The van der Waals surface area contributed by atoms with Gasteiger partial charge in [0.2, 0.25) is 0 Å². The fraction of sp³-hybridized carbons (Fsp3) is 0.697. The molecule has 0 radical (unpaired) electrons. The Morgan fingerprint density at radius 2 is 1.46 bits per heavy atom. The summed E-state index contributed by atoms with van der Waals surface area (Å²) >= 11 is 0. The van der Waals surface area contributed by atoms with E-state index < -0.39 is 0 Å². The molecule has 37 heavy (non-hydrogen) atoms. The fourth-order valence-corrected chi connectivity index (χ4v) is 5.28. The summed E-state index contributed by atoms with van der Waals surface area (Å²) < 4.78 is 13.2. The van der Waals surface area contributed by atoms with Gasteiger partial charge in [0.25, 0.3) is 0 Å². The van der Waals surface area contributed by atoms with E-state index in [-0.39, 0.29) is 5.92 Å². The SMILES string of the molecule is C=C(C)[C@@H]1CCC(C)=C[C@H]1c1c(OCCCCN(C)C)cc(CCCCC)cc1OCCCCN(C)C. The molecule has 210 valence electrons. The molecule has 0 N–H and O–H groups in total. The number of allylic oxidation sites excluding steroid dienone is 3. The van der Waals surface area contributed by atoms with Gasteiger partial charge >= 0.3 is 0 Å². The molecule has 0 spiro atoms. The highest BCUT2D eigenvalue weighted by Gasteiger charge is 2.31. The van der Waals surface area contributed by atoms with E-state index in [2.05, 4.69) is 83.5 Å². The molecule has 0 saturated carbocycles. The third-order valence-corrected chi connectivity index (χ3v) is 7.46. The van der Waals surface area contributed by atoms with Crippen LogP contribution in [0.5, 0.6) is 11.5 Å². The molecule has 0 saturated heterocycles. The Balaban J connectivity index is 2.41. The molecule has 4 nitrogen and oxygen atoms in total. The van der Waals surface area contributed by atoms with E-state index in [4.69, 9.17) is 9.47 Å². The molecule has 1 aliphatic rings. The predicted molar refractivity (Wildman–Crippen MR) is 160 cm³/mol. The number of unbranched alkanes of at least 4 members (excludes halogenated alkanes) is 4. The van der Waals surface area contributed by atoms with Crippen LogP contribution in [0.4, 0.5) is 0 Å². The lowest BCUT2D eigenvalue weighted by Gasteiger charge is -2.33. The Morgan fingerprint density at radius 1 is 0.892 bits per heavy atom. The zero-order valence-corrected chi connectivity index (χ0v) is 25.2. The van der Waals surface area contributed by atoms with Crippen LogP contribution >= 0.6 is 0 Å². The second kappa shape index (κ2) is 16.9. The number of benzene rings is 1. The Kier molecular flexibility index (Phi) is 14.4. The highest BCUT2D eigenvalue weighted by atomic mass is 16.5. The van der Waals surface area contributed by atoms with Crippen LogP contribution in [0.15, 0.2) is 35.9 Å². The van der Waals surface area contributed by atoms with Gasteiger partial charge in [-0.2, -0.15) is 0 Å². The lowest BCUT2D eigenvalue weighted by molar-refractivity contribution is 0.271. The van der Waals surface area contributed by atoms with Crippen molar-refractivity contribution in [1.82, 2.24) is 9.80 Å². The Labute approximate surface area is 229 Å². The highest BCUT2D eigenvalue weighted by Crippen LogP contribution is 2.47. The first-order chi connectivity index (χ1) is 17.7. The molecule has 0 bridgehead atoms. The quantitative estimate of drug-likeness (QED) is 0.148. The van der Waals surface area contributed by atoms with E-state index in [9.17, 15) is 0 Å². The van der Waals surface area contributed by atoms with Crippen LogP contribution in [0, 0.1) is 5.92 Å². The highest BCUT2D eigenvalue weighted by molar-refractivity contribution is 5.53. The maximum absolute atomic E-state index is 6.62. The van der Waals surface area contributed by atoms with E-state index >= 15 is 0 Å². The number of nitrogens with zero attached hydrogens (tertiary/aromatic N) is 2. The molecule has 4 heteroatoms. The average molecular weight is 513 g/mol. The smallest absolute Gasteiger partial charge is 0.127 e. The van der Waals surface area contributed by atoms with E-state index in [0.717, 1.165) is 82.7 Å². The van der Waals surface area contributed by atoms with Gasteiger partial charge in [0.15, 0.2) is 0 Å². The van der Waals surface area contributed by atoms with Crippen molar-refractivity contribution in [1.29, 1.82) is 0 Å². The van der Waals surface area contributed by atoms with Crippen molar-refractivity contribution in [3.8, 4) is 11.5 Å². The molecule has 0 heterocycles. The minimum atomic E-state index is 0.254. The van der Waals surface area contributed by atoms with Gasteiger partial charge in [0, 0.05) is 11.5 Å². The minimum absolute atomic E-state index is 0.254. The van der Waals surface area contributed by atoms with Crippen LogP contribution in [0.1, 0.15) is 95.6 Å². The molecule has 2 atom stereocenters. The standard InChI is InChI=1S/C33H56N2O2/c1-9-10-11-16-28-24-31(36-21-14-12-19-34(5)6)33(30-23-27(4)17-18-29(30)26(2)3)32(25-28)37-22-15-13-20-35(7)8/h23-25,29-30H,2,9-22H2,1,3-8H3/t29-,30+/m0/s1. The molecule has 2 rings (SSSR count). The summed E-state index contributed by atoms with van der Waals surface area (Å²) in [5.41, 5.74) is 5.30. The van der Waals surface area contributed by atoms with Gasteiger partial charge in [0.1, 0.15) is 11.5 Å². The normalized spacial score (nSPS) is 17.8. The van der Waals surface area contributed by atoms with Crippen molar-refractivity contribution in [3.05, 3.63) is 47.1 Å². The molecule has 0 aliphatic heterocycles. The molecular weight excluding hydrogens is 456 g/mol. The summed E-state index contributed by atoms with van der Waals surface area (Å²) in [5.74, 6) is 2.74. The van der Waals surface area contributed by atoms with Crippen LogP contribution in [-0.2, 0) is 6.42 Å². The summed E-state index contributed by atoms with van der Waals surface area (Å²) in [7, 11) is 8.54. The van der Waals surface area contributed by atoms with Crippen molar-refractivity contribution in [2.24, 2.45) is 5.92 Å². The van der Waals surface area contributed by atoms with Gasteiger partial charge in [-0.05, 0) is 130 Å². The zero-order chi connectivity index (χ0) is 27.2. The largest absolute Gasteiger partial charge is 0.493 e. The van der Waals surface area contributed by atoms with Crippen LogP contribution in [0.25, 0.3) is 0 Å². The minimum Gasteiger partial charge on any atom is -0.493 e. The maximum atomic E-state index is 6.62. The average Bonchev–Trinajstić information content (AvgIpc) is 2.83. The van der Waals surface area contributed by atoms with Gasteiger partial charge in [-0.3, -0.25) is 0 Å². The second-order valence-electron chi connectivity index (χ2n) is 11.7. The number of hydrogen-bond acceptors (Lipinski definition) is 4. The summed E-state index contributed by atoms with van der Waals surface area (Å²) in [5, 5.41) is 0. The van der Waals surface area contributed by atoms with E-state index in [1.165, 1.54) is 41.5 Å². The topological polar surface area (TPSA) is 24.9 Å². The van der Waals surface area contributed by atoms with Crippen LogP contribution < -0.4 is 9.47 Å². The number of aryl methyl sites for hydroxylation is 1. The van der Waals surface area contributed by atoms with Gasteiger partial charge in [-0.1, -0.05) is 43.6 Å². The van der Waals surface area contributed by atoms with Crippen molar-refractivity contribution < 1.29 is 9.47 Å². The molecule has 1 aromatic carbocycles. The molecule has 1 aromatic rings. The first kappa shape index (κ1) is 31.4. The zero-order valence-electron chi connectivity index (χ0n) is 25.2. The Bertz CT molecular complexity index is 804. The Hall–Kier alpha value is -1.78. The van der Waals surface area contributed by atoms with Crippen molar-refractivity contribution in [2.45, 2.75) is 90.9 Å². The third kappa shape index (κ3) is 11.2. The first-order valence-electron chi connectivity index (χ1n) is 14.8. The second-order valence-corrected chi connectivity index (χ2v) is 11.7. The molecule has 0 fully saturated rings. The van der Waals surface area contributed by atoms with Gasteiger partial charge in [-0.15, -0.1) is 0 Å². The Morgan fingerprint density at radius 3 is 1.95 bits per heavy atom. The fourth-order valence-electron chi connectivity index (χ4n) is 5.28. The van der Waals surface area contributed by atoms with Gasteiger partial charge in [0.05, 0.1) is 13.2 Å². The molecule has 0 unspecified atom stereocenters. The number of hydrogen-bond donors (Lipinski definition) is 0. The third-order valence-electron chi connectivity index (χ3n) is 7.46. The lowest BCUT2D eigenvalue weighted by Crippen LogP contribution is -2.20. The molecule has 0 aromatic heterocycles. The van der Waals surface area contributed by atoms with Gasteiger partial charge < -0.3 is 19.3 Å². The first-order valence-corrected chi connectivity index (χ1v) is 14.8. The number of ether oxygens (including phenoxy) is 2. The predicted octanol–water partition coefficient (Wildman–Crippen LogP) is 7.88. The molecule has 0 amide bonds. The molecule has 1 aliphatic carbocycles. The van der Waals surface area contributed by atoms with E-state index in [1.54, 1.807) is 0 Å². The monoisotopic (exact) mass is 512 g/mol. The summed E-state index contributed by atoms with van der Waals surface area (Å²) in [6.07, 6.45) is 13.9. The van der Waals surface area contributed by atoms with E-state index in [1.807, 2.05) is 0 Å². The summed E-state index contributed by atoms with van der Waals surface area (Å²) in [4.78, 5) is 4.49. The van der Waals surface area contributed by atoms with Gasteiger partial charge in [-0.25, -0.2) is 0 Å². The van der Waals surface area contributed by atoms with Crippen molar-refractivity contribution >= 4 is 0 Å². The maximum Gasteiger partial charge on any atom is 0.127 e. The van der Waals surface area contributed by atoms with Crippen LogP contribution in [0.2, 0.25) is 0 Å². The number of rotatable bonds is 18. The van der Waals surface area contributed by atoms with Crippen molar-refractivity contribution in [3.63, 3.8) is 0 Å². The molecular formula is C33H56N2O2. The van der Waals surface area contributed by atoms with Crippen molar-refractivity contribution in [2.75, 3.05) is 54.5 Å². The van der Waals surface area contributed by atoms with Crippen LogP contribution in [0.3, 0.4) is 0 Å². The van der Waals surface area contributed by atoms with Crippen LogP contribution in [-0.4, -0.2) is 64.3 Å². The summed E-state index contributed by atoms with van der Waals surface area (Å²) in [6, 6.07) is 4.65. The summed E-state index contributed by atoms with van der Waals surface area (Å²) in [6.45, 7) is 14.8. The van der Waals surface area contributed by atoms with E-state index in [0.29, 0.717) is 5.92 Å². The lowest BCUT2D eigenvalue weighted by atomic mass is 9.73.